The quantitative estimate of drug-likeness (QED) is 0.562. The Bertz CT molecular complexity index is 1040. The van der Waals surface area contributed by atoms with Crippen LogP contribution in [0.3, 0.4) is 0 Å². The number of benzene rings is 2. The standard InChI is InChI=1S/C24H29N5OS/c1-17-7-4-8-18(2)23(17)21-16-22(30)26-24(25-21)27-31-20-10-5-9-19(15-20)29-12-6-11-28(3)13-14-29/h4-5,7-10,15-16H,6,11-14H2,1-3H3,(H2,25,26,27,30). The molecule has 1 aliphatic rings. The first kappa shape index (κ1) is 21.5. The predicted octanol–water partition coefficient (Wildman–Crippen LogP) is 4.73. The van der Waals surface area contributed by atoms with Crippen molar-refractivity contribution in [3.63, 3.8) is 0 Å². The zero-order valence-corrected chi connectivity index (χ0v) is 19.1. The molecule has 0 radical (unpaired) electrons. The number of nitrogens with one attached hydrogen (secondary N) is 1. The van der Waals surface area contributed by atoms with Crippen LogP contribution in [-0.4, -0.2) is 53.2 Å². The lowest BCUT2D eigenvalue weighted by atomic mass is 10.00. The van der Waals surface area contributed by atoms with Crippen LogP contribution in [0.2, 0.25) is 0 Å². The molecular weight excluding hydrogens is 406 g/mol. The van der Waals surface area contributed by atoms with Gasteiger partial charge in [-0.1, -0.05) is 24.3 Å². The molecule has 0 bridgehead atoms. The van der Waals surface area contributed by atoms with Crippen LogP contribution in [0.5, 0.6) is 5.88 Å². The Morgan fingerprint density at radius 2 is 1.71 bits per heavy atom. The van der Waals surface area contributed by atoms with Gasteiger partial charge in [-0.3, -0.25) is 4.72 Å². The highest BCUT2D eigenvalue weighted by molar-refractivity contribution is 8.00. The summed E-state index contributed by atoms with van der Waals surface area (Å²) in [6.45, 7) is 8.43. The summed E-state index contributed by atoms with van der Waals surface area (Å²) in [5, 5.41) is 10.2. The molecule has 0 spiro atoms. The molecule has 162 valence electrons. The first-order chi connectivity index (χ1) is 15.0. The fraction of sp³-hybridized carbons (Fsp3) is 0.333. The summed E-state index contributed by atoms with van der Waals surface area (Å²) in [6.07, 6.45) is 1.17. The zero-order chi connectivity index (χ0) is 21.8. The van der Waals surface area contributed by atoms with Gasteiger partial charge in [-0.05, 0) is 75.1 Å². The van der Waals surface area contributed by atoms with Crippen molar-refractivity contribution in [2.75, 3.05) is 42.8 Å². The molecule has 0 atom stereocenters. The van der Waals surface area contributed by atoms with E-state index in [0.717, 1.165) is 47.8 Å². The van der Waals surface area contributed by atoms with Gasteiger partial charge in [-0.15, -0.1) is 0 Å². The number of rotatable bonds is 5. The number of nitrogens with zero attached hydrogens (tertiary/aromatic N) is 4. The number of aromatic nitrogens is 2. The van der Waals surface area contributed by atoms with E-state index in [0.29, 0.717) is 11.6 Å². The molecule has 1 aromatic heterocycles. The third kappa shape index (κ3) is 5.29. The molecule has 0 aliphatic carbocycles. The second-order valence-corrected chi connectivity index (χ2v) is 8.93. The average molecular weight is 436 g/mol. The van der Waals surface area contributed by atoms with E-state index in [2.05, 4.69) is 81.8 Å². The number of aryl methyl sites for hydroxylation is 2. The summed E-state index contributed by atoms with van der Waals surface area (Å²) in [5.74, 6) is 0.350. The number of aromatic hydroxyl groups is 1. The highest BCUT2D eigenvalue weighted by Gasteiger charge is 2.14. The van der Waals surface area contributed by atoms with Crippen molar-refractivity contribution in [1.29, 1.82) is 0 Å². The molecule has 1 saturated heterocycles. The number of hydrogen-bond donors (Lipinski definition) is 2. The van der Waals surface area contributed by atoms with E-state index in [1.54, 1.807) is 6.07 Å². The Hall–Kier alpha value is -2.77. The first-order valence-corrected chi connectivity index (χ1v) is 11.4. The monoisotopic (exact) mass is 435 g/mol. The lowest BCUT2D eigenvalue weighted by molar-refractivity contribution is 0.360. The molecule has 4 rings (SSSR count). The van der Waals surface area contributed by atoms with Crippen molar-refractivity contribution >= 4 is 23.6 Å². The van der Waals surface area contributed by atoms with Crippen LogP contribution < -0.4 is 9.62 Å². The van der Waals surface area contributed by atoms with Crippen LogP contribution in [0, 0.1) is 13.8 Å². The summed E-state index contributed by atoms with van der Waals surface area (Å²) in [6, 6.07) is 16.3. The van der Waals surface area contributed by atoms with Gasteiger partial charge in [-0.25, -0.2) is 4.98 Å². The lowest BCUT2D eigenvalue weighted by Gasteiger charge is -2.23. The summed E-state index contributed by atoms with van der Waals surface area (Å²) < 4.78 is 3.21. The average Bonchev–Trinajstić information content (AvgIpc) is 2.97. The van der Waals surface area contributed by atoms with Gasteiger partial charge < -0.3 is 14.9 Å². The van der Waals surface area contributed by atoms with Gasteiger partial charge in [0.15, 0.2) is 0 Å². The molecule has 7 heteroatoms. The smallest absolute Gasteiger partial charge is 0.237 e. The largest absolute Gasteiger partial charge is 0.493 e. The fourth-order valence-electron chi connectivity index (χ4n) is 3.98. The van der Waals surface area contributed by atoms with E-state index < -0.39 is 0 Å². The topological polar surface area (TPSA) is 64.5 Å². The molecule has 2 N–H and O–H groups in total. The normalized spacial score (nSPS) is 15.0. The van der Waals surface area contributed by atoms with Crippen LogP contribution in [-0.2, 0) is 0 Å². The van der Waals surface area contributed by atoms with Crippen molar-refractivity contribution in [2.45, 2.75) is 25.2 Å². The van der Waals surface area contributed by atoms with Crippen LogP contribution in [0.4, 0.5) is 11.6 Å². The Morgan fingerprint density at radius 1 is 0.935 bits per heavy atom. The molecule has 0 amide bonds. The van der Waals surface area contributed by atoms with E-state index in [4.69, 9.17) is 0 Å². The van der Waals surface area contributed by atoms with Gasteiger partial charge >= 0.3 is 0 Å². The summed E-state index contributed by atoms with van der Waals surface area (Å²) in [7, 11) is 2.18. The minimum Gasteiger partial charge on any atom is -0.493 e. The second kappa shape index (κ2) is 9.58. The molecule has 1 fully saturated rings. The maximum absolute atomic E-state index is 10.2. The maximum atomic E-state index is 10.2. The molecule has 1 aliphatic heterocycles. The van der Waals surface area contributed by atoms with Crippen LogP contribution >= 0.6 is 11.9 Å². The Labute approximate surface area is 188 Å². The van der Waals surface area contributed by atoms with E-state index >= 15 is 0 Å². The second-order valence-electron chi connectivity index (χ2n) is 8.05. The van der Waals surface area contributed by atoms with E-state index in [1.165, 1.54) is 24.1 Å². The summed E-state index contributed by atoms with van der Waals surface area (Å²) in [4.78, 5) is 14.7. The lowest BCUT2D eigenvalue weighted by Crippen LogP contribution is -2.28. The van der Waals surface area contributed by atoms with E-state index in [-0.39, 0.29) is 5.88 Å². The van der Waals surface area contributed by atoms with Crippen LogP contribution in [0.15, 0.2) is 53.4 Å². The zero-order valence-electron chi connectivity index (χ0n) is 18.3. The third-order valence-electron chi connectivity index (χ3n) is 5.61. The van der Waals surface area contributed by atoms with Crippen molar-refractivity contribution < 1.29 is 5.11 Å². The number of likely N-dealkylation sites (N-methyl/N-ethyl adjacent to an activating group) is 1. The maximum Gasteiger partial charge on any atom is 0.237 e. The molecule has 3 aromatic rings. The Morgan fingerprint density at radius 3 is 2.52 bits per heavy atom. The van der Waals surface area contributed by atoms with Gasteiger partial charge in [0.2, 0.25) is 11.8 Å². The predicted molar refractivity (Wildman–Crippen MR) is 129 cm³/mol. The van der Waals surface area contributed by atoms with Gasteiger partial charge in [0, 0.05) is 41.8 Å². The number of anilines is 2. The van der Waals surface area contributed by atoms with Gasteiger partial charge in [0.05, 0.1) is 5.69 Å². The highest BCUT2D eigenvalue weighted by Crippen LogP contribution is 2.30. The molecule has 0 saturated carbocycles. The summed E-state index contributed by atoms with van der Waals surface area (Å²) >= 11 is 1.46. The molecular formula is C24H29N5OS. The van der Waals surface area contributed by atoms with Gasteiger partial charge in [-0.2, -0.15) is 4.98 Å². The third-order valence-corrected chi connectivity index (χ3v) is 6.39. The SMILES string of the molecule is Cc1cccc(C)c1-c1cc(O)nc(NSc2cccc(N3CCCN(C)CC3)c2)n1. The van der Waals surface area contributed by atoms with Crippen molar-refractivity contribution in [1.82, 2.24) is 14.9 Å². The minimum absolute atomic E-state index is 0.0433. The number of hydrogen-bond acceptors (Lipinski definition) is 7. The fourth-order valence-corrected chi connectivity index (χ4v) is 4.61. The van der Waals surface area contributed by atoms with Crippen LogP contribution in [0.25, 0.3) is 11.3 Å². The molecule has 2 heterocycles. The van der Waals surface area contributed by atoms with Gasteiger partial charge in [0.25, 0.3) is 0 Å². The molecule has 31 heavy (non-hydrogen) atoms. The highest BCUT2D eigenvalue weighted by atomic mass is 32.2. The Balaban J connectivity index is 1.50. The molecule has 6 nitrogen and oxygen atoms in total. The van der Waals surface area contributed by atoms with Gasteiger partial charge in [0.1, 0.15) is 0 Å². The molecule has 0 unspecified atom stereocenters. The first-order valence-electron chi connectivity index (χ1n) is 10.6. The van der Waals surface area contributed by atoms with E-state index in [1.807, 2.05) is 6.07 Å². The van der Waals surface area contributed by atoms with Crippen molar-refractivity contribution in [3.05, 3.63) is 59.7 Å². The van der Waals surface area contributed by atoms with Crippen molar-refractivity contribution in [2.24, 2.45) is 0 Å². The summed E-state index contributed by atoms with van der Waals surface area (Å²) in [5.41, 5.74) is 5.21. The van der Waals surface area contributed by atoms with Crippen molar-refractivity contribution in [3.8, 4) is 17.1 Å². The van der Waals surface area contributed by atoms with E-state index in [9.17, 15) is 5.11 Å². The Kier molecular flexibility index (Phi) is 6.63. The minimum atomic E-state index is -0.0433. The van der Waals surface area contributed by atoms with Crippen LogP contribution in [0.1, 0.15) is 17.5 Å². The molecule has 2 aromatic carbocycles.